The van der Waals surface area contributed by atoms with Crippen LogP contribution in [0.3, 0.4) is 0 Å². The van der Waals surface area contributed by atoms with Gasteiger partial charge in [0, 0.05) is 42.1 Å². The summed E-state index contributed by atoms with van der Waals surface area (Å²) >= 11 is 0. The monoisotopic (exact) mass is 405 g/mol. The Hall–Kier alpha value is -3.48. The molecule has 2 aliphatic rings. The number of fused-ring (bicyclic) bond motifs is 2. The molecular formula is C23H23N3O4. The Bertz CT molecular complexity index is 1100. The van der Waals surface area contributed by atoms with E-state index < -0.39 is 0 Å². The van der Waals surface area contributed by atoms with E-state index in [2.05, 4.69) is 15.2 Å². The molecule has 1 unspecified atom stereocenters. The van der Waals surface area contributed by atoms with Crippen molar-refractivity contribution >= 4 is 28.2 Å². The quantitative estimate of drug-likeness (QED) is 0.711. The maximum absolute atomic E-state index is 13.0. The van der Waals surface area contributed by atoms with E-state index in [0.29, 0.717) is 18.0 Å². The van der Waals surface area contributed by atoms with Crippen molar-refractivity contribution in [2.45, 2.75) is 12.8 Å². The average Bonchev–Trinajstić information content (AvgIpc) is 3.26. The van der Waals surface area contributed by atoms with Crippen LogP contribution in [0, 0.1) is 5.92 Å². The molecule has 3 aromatic rings. The largest absolute Gasteiger partial charge is 0.497 e. The number of benzene rings is 2. The predicted octanol–water partition coefficient (Wildman–Crippen LogP) is 3.83. The number of carbonyl (C=O) groups excluding carboxylic acids is 1. The highest BCUT2D eigenvalue weighted by Gasteiger charge is 2.27. The number of methoxy groups -OCH3 is 1. The molecule has 0 bridgehead atoms. The molecule has 1 fully saturated rings. The van der Waals surface area contributed by atoms with Crippen LogP contribution in [0.4, 0.5) is 11.4 Å². The van der Waals surface area contributed by atoms with Gasteiger partial charge >= 0.3 is 0 Å². The van der Waals surface area contributed by atoms with Gasteiger partial charge in [-0.2, -0.15) is 0 Å². The van der Waals surface area contributed by atoms with Crippen LogP contribution in [0.5, 0.6) is 17.2 Å². The molecule has 0 spiro atoms. The van der Waals surface area contributed by atoms with E-state index in [1.54, 1.807) is 7.11 Å². The van der Waals surface area contributed by atoms with Crippen LogP contribution in [-0.2, 0) is 4.79 Å². The van der Waals surface area contributed by atoms with E-state index in [1.807, 2.05) is 48.7 Å². The van der Waals surface area contributed by atoms with Gasteiger partial charge in [-0.3, -0.25) is 9.78 Å². The first kappa shape index (κ1) is 18.5. The topological polar surface area (TPSA) is 72.9 Å². The van der Waals surface area contributed by atoms with Crippen LogP contribution < -0.4 is 24.4 Å². The summed E-state index contributed by atoms with van der Waals surface area (Å²) in [5.74, 6) is 2.09. The van der Waals surface area contributed by atoms with E-state index >= 15 is 0 Å². The lowest BCUT2D eigenvalue weighted by Gasteiger charge is -2.34. The zero-order chi connectivity index (χ0) is 20.5. The van der Waals surface area contributed by atoms with E-state index in [-0.39, 0.29) is 18.6 Å². The van der Waals surface area contributed by atoms with Crippen LogP contribution >= 0.6 is 0 Å². The third kappa shape index (κ3) is 3.47. The molecule has 154 valence electrons. The number of ether oxygens (including phenoxy) is 3. The third-order valence-corrected chi connectivity index (χ3v) is 5.70. The van der Waals surface area contributed by atoms with Crippen LogP contribution in [0.2, 0.25) is 0 Å². The normalized spacial score (nSPS) is 17.8. The van der Waals surface area contributed by atoms with Crippen molar-refractivity contribution in [1.82, 2.24) is 4.98 Å². The van der Waals surface area contributed by atoms with Gasteiger partial charge in [-0.05, 0) is 49.2 Å². The minimum absolute atomic E-state index is 0.0227. The van der Waals surface area contributed by atoms with Gasteiger partial charge in [-0.15, -0.1) is 0 Å². The number of anilines is 2. The molecule has 30 heavy (non-hydrogen) atoms. The number of nitrogens with zero attached hydrogens (tertiary/aromatic N) is 2. The van der Waals surface area contributed by atoms with Crippen molar-refractivity contribution in [3.8, 4) is 17.2 Å². The second-order valence-electron chi connectivity index (χ2n) is 7.56. The molecule has 1 aromatic heterocycles. The summed E-state index contributed by atoms with van der Waals surface area (Å²) in [7, 11) is 1.66. The molecule has 1 amide bonds. The molecule has 3 heterocycles. The number of rotatable bonds is 4. The number of amides is 1. The summed E-state index contributed by atoms with van der Waals surface area (Å²) in [5.41, 5.74) is 2.72. The van der Waals surface area contributed by atoms with Crippen LogP contribution in [-0.4, -0.2) is 37.9 Å². The molecule has 0 saturated carbocycles. The number of hydrogen-bond acceptors (Lipinski definition) is 6. The molecule has 1 atom stereocenters. The summed E-state index contributed by atoms with van der Waals surface area (Å²) in [5, 5.41) is 4.07. The SMILES string of the molecule is COc1ccc2nccc(N3CCCC(C(=O)Nc4ccc5c(c4)OCO5)C3)c2c1. The van der Waals surface area contributed by atoms with Crippen LogP contribution in [0.25, 0.3) is 10.9 Å². The summed E-state index contributed by atoms with van der Waals surface area (Å²) in [6.07, 6.45) is 3.63. The lowest BCUT2D eigenvalue weighted by molar-refractivity contribution is -0.120. The zero-order valence-corrected chi connectivity index (χ0v) is 16.8. The van der Waals surface area contributed by atoms with Gasteiger partial charge in [0.2, 0.25) is 12.7 Å². The highest BCUT2D eigenvalue weighted by atomic mass is 16.7. The molecule has 0 aliphatic carbocycles. The zero-order valence-electron chi connectivity index (χ0n) is 16.8. The van der Waals surface area contributed by atoms with Gasteiger partial charge in [0.05, 0.1) is 18.5 Å². The minimum Gasteiger partial charge on any atom is -0.497 e. The second kappa shape index (κ2) is 7.74. The van der Waals surface area contributed by atoms with Crippen molar-refractivity contribution in [2.24, 2.45) is 5.92 Å². The standard InChI is InChI=1S/C23H23N3O4/c1-28-17-5-6-19-18(12-17)20(8-9-24-19)26-10-2-3-15(13-26)23(27)25-16-4-7-21-22(11-16)30-14-29-21/h4-9,11-12,15H,2-3,10,13-14H2,1H3,(H,25,27). The summed E-state index contributed by atoms with van der Waals surface area (Å²) in [6, 6.07) is 13.4. The van der Waals surface area contributed by atoms with Crippen molar-refractivity contribution in [1.29, 1.82) is 0 Å². The van der Waals surface area contributed by atoms with Crippen LogP contribution in [0.1, 0.15) is 12.8 Å². The first-order valence-electron chi connectivity index (χ1n) is 10.1. The van der Waals surface area contributed by atoms with Gasteiger partial charge in [0.25, 0.3) is 0 Å². The highest BCUT2D eigenvalue weighted by molar-refractivity contribution is 5.95. The third-order valence-electron chi connectivity index (χ3n) is 5.70. The molecular weight excluding hydrogens is 382 g/mol. The molecule has 2 aromatic carbocycles. The van der Waals surface area contributed by atoms with Crippen molar-refractivity contribution < 1.29 is 19.0 Å². The first-order valence-corrected chi connectivity index (χ1v) is 10.1. The van der Waals surface area contributed by atoms with Gasteiger partial charge in [-0.25, -0.2) is 0 Å². The number of hydrogen-bond donors (Lipinski definition) is 1. The Morgan fingerprint density at radius 1 is 1.17 bits per heavy atom. The molecule has 5 rings (SSSR count). The van der Waals surface area contributed by atoms with E-state index in [0.717, 1.165) is 47.4 Å². The van der Waals surface area contributed by atoms with Gasteiger partial charge in [-0.1, -0.05) is 0 Å². The molecule has 1 saturated heterocycles. The summed E-state index contributed by atoms with van der Waals surface area (Å²) in [6.45, 7) is 1.78. The lowest BCUT2D eigenvalue weighted by Crippen LogP contribution is -2.40. The Labute approximate surface area is 174 Å². The van der Waals surface area contributed by atoms with Crippen molar-refractivity contribution in [2.75, 3.05) is 37.2 Å². The summed E-state index contributed by atoms with van der Waals surface area (Å²) in [4.78, 5) is 19.7. The minimum atomic E-state index is -0.0991. The highest BCUT2D eigenvalue weighted by Crippen LogP contribution is 2.35. The van der Waals surface area contributed by atoms with Gasteiger partial charge < -0.3 is 24.4 Å². The fraction of sp³-hybridized carbons (Fsp3) is 0.304. The van der Waals surface area contributed by atoms with E-state index in [1.165, 1.54) is 0 Å². The number of piperidine rings is 1. The van der Waals surface area contributed by atoms with Gasteiger partial charge in [0.15, 0.2) is 11.5 Å². The molecule has 2 aliphatic heterocycles. The number of aromatic nitrogens is 1. The van der Waals surface area contributed by atoms with E-state index in [4.69, 9.17) is 14.2 Å². The second-order valence-corrected chi connectivity index (χ2v) is 7.56. The Morgan fingerprint density at radius 2 is 2.07 bits per heavy atom. The number of carbonyl (C=O) groups is 1. The van der Waals surface area contributed by atoms with Crippen LogP contribution in [0.15, 0.2) is 48.7 Å². The number of pyridine rings is 1. The first-order chi connectivity index (χ1) is 14.7. The maximum atomic E-state index is 13.0. The lowest BCUT2D eigenvalue weighted by atomic mass is 9.96. The van der Waals surface area contributed by atoms with Crippen molar-refractivity contribution in [3.63, 3.8) is 0 Å². The molecule has 0 radical (unpaired) electrons. The average molecular weight is 405 g/mol. The fourth-order valence-corrected chi connectivity index (χ4v) is 4.14. The Balaban J connectivity index is 1.35. The molecule has 7 heteroatoms. The maximum Gasteiger partial charge on any atom is 0.231 e. The smallest absolute Gasteiger partial charge is 0.231 e. The van der Waals surface area contributed by atoms with Gasteiger partial charge in [0.1, 0.15) is 5.75 Å². The Morgan fingerprint density at radius 3 is 2.97 bits per heavy atom. The predicted molar refractivity (Wildman–Crippen MR) is 114 cm³/mol. The summed E-state index contributed by atoms with van der Waals surface area (Å²) < 4.78 is 16.1. The molecule has 7 nitrogen and oxygen atoms in total. The fourth-order valence-electron chi connectivity index (χ4n) is 4.14. The van der Waals surface area contributed by atoms with Crippen molar-refractivity contribution in [3.05, 3.63) is 48.7 Å². The molecule has 1 N–H and O–H groups in total. The Kier molecular flexibility index (Phi) is 4.78. The number of nitrogens with one attached hydrogen (secondary N) is 1. The van der Waals surface area contributed by atoms with E-state index in [9.17, 15) is 4.79 Å².